The van der Waals surface area contributed by atoms with E-state index in [1.807, 2.05) is 24.3 Å². The lowest BCUT2D eigenvalue weighted by atomic mass is 10.1. The van der Waals surface area contributed by atoms with Crippen LogP contribution in [0.2, 0.25) is 0 Å². The van der Waals surface area contributed by atoms with Crippen LogP contribution in [0.5, 0.6) is 17.2 Å². The smallest absolute Gasteiger partial charge is 0.232 e. The molecule has 29 heavy (non-hydrogen) atoms. The molecule has 3 aromatic rings. The van der Waals surface area contributed by atoms with E-state index in [-0.39, 0.29) is 18.2 Å². The predicted molar refractivity (Wildman–Crippen MR) is 106 cm³/mol. The van der Waals surface area contributed by atoms with E-state index in [0.717, 1.165) is 5.56 Å². The fourth-order valence-corrected chi connectivity index (χ4v) is 3.39. The van der Waals surface area contributed by atoms with Gasteiger partial charge in [-0.05, 0) is 24.3 Å². The molecule has 1 aromatic heterocycles. The van der Waals surface area contributed by atoms with Crippen LogP contribution in [0.1, 0.15) is 18.2 Å². The molecule has 0 spiro atoms. The Balaban J connectivity index is 1.58. The number of ether oxygens (including phenoxy) is 3. The van der Waals surface area contributed by atoms with Crippen molar-refractivity contribution in [3.05, 3.63) is 48.4 Å². The van der Waals surface area contributed by atoms with E-state index in [1.54, 1.807) is 44.4 Å². The number of carbonyl (C=O) groups excluding carboxylic acids is 1. The first-order valence-corrected chi connectivity index (χ1v) is 9.13. The molecule has 150 valence electrons. The van der Waals surface area contributed by atoms with E-state index in [4.69, 9.17) is 18.7 Å². The highest BCUT2D eigenvalue weighted by Crippen LogP contribution is 2.38. The Morgan fingerprint density at radius 2 is 1.83 bits per heavy atom. The maximum absolute atomic E-state index is 12.7. The average Bonchev–Trinajstić information content (AvgIpc) is 3.40. The molecule has 1 unspecified atom stereocenters. The van der Waals surface area contributed by atoms with Crippen molar-refractivity contribution >= 4 is 11.6 Å². The molecule has 8 heteroatoms. The number of carbonyl (C=O) groups is 1. The topological polar surface area (TPSA) is 86.9 Å². The van der Waals surface area contributed by atoms with Gasteiger partial charge in [0.2, 0.25) is 17.6 Å². The van der Waals surface area contributed by atoms with Gasteiger partial charge in [0, 0.05) is 24.6 Å². The molecule has 0 saturated carbocycles. The van der Waals surface area contributed by atoms with Crippen LogP contribution >= 0.6 is 0 Å². The lowest BCUT2D eigenvalue weighted by Gasteiger charge is -2.20. The van der Waals surface area contributed by atoms with Gasteiger partial charge >= 0.3 is 0 Å². The van der Waals surface area contributed by atoms with E-state index in [0.29, 0.717) is 41.2 Å². The summed E-state index contributed by atoms with van der Waals surface area (Å²) >= 11 is 0. The molecular formula is C21H21N3O5. The van der Waals surface area contributed by atoms with Crippen LogP contribution < -0.4 is 19.1 Å². The number of methoxy groups -OCH3 is 3. The standard InChI is InChI=1S/C21H21N3O5/c1-26-15-6-4-5-13(9-15)20-22-21(29-23-20)14-10-19(25)24(12-14)17-11-16(27-2)7-8-18(17)28-3/h4-9,11,14H,10,12H2,1-3H3. The van der Waals surface area contributed by atoms with Gasteiger partial charge in [0.15, 0.2) is 0 Å². The number of nitrogens with zero attached hydrogens (tertiary/aromatic N) is 3. The van der Waals surface area contributed by atoms with Crippen LogP contribution in [0.25, 0.3) is 11.4 Å². The van der Waals surface area contributed by atoms with E-state index in [1.165, 1.54) is 0 Å². The largest absolute Gasteiger partial charge is 0.497 e. The van der Waals surface area contributed by atoms with E-state index >= 15 is 0 Å². The van der Waals surface area contributed by atoms with Crippen molar-refractivity contribution in [3.8, 4) is 28.6 Å². The minimum Gasteiger partial charge on any atom is -0.497 e. The Morgan fingerprint density at radius 3 is 2.59 bits per heavy atom. The van der Waals surface area contributed by atoms with Crippen molar-refractivity contribution in [3.63, 3.8) is 0 Å². The fourth-order valence-electron chi connectivity index (χ4n) is 3.39. The zero-order chi connectivity index (χ0) is 20.4. The lowest BCUT2D eigenvalue weighted by Crippen LogP contribution is -2.24. The van der Waals surface area contributed by atoms with Gasteiger partial charge in [-0.3, -0.25) is 4.79 Å². The van der Waals surface area contributed by atoms with Crippen molar-refractivity contribution in [2.75, 3.05) is 32.8 Å². The van der Waals surface area contributed by atoms with Crippen LogP contribution in [0.4, 0.5) is 5.69 Å². The molecule has 1 saturated heterocycles. The summed E-state index contributed by atoms with van der Waals surface area (Å²) in [5.41, 5.74) is 1.45. The molecule has 0 radical (unpaired) electrons. The van der Waals surface area contributed by atoms with E-state index in [9.17, 15) is 4.79 Å². The molecule has 1 amide bonds. The molecule has 1 atom stereocenters. The second-order valence-electron chi connectivity index (χ2n) is 6.63. The van der Waals surface area contributed by atoms with Crippen LogP contribution in [-0.2, 0) is 4.79 Å². The molecule has 2 aromatic carbocycles. The number of rotatable bonds is 6. The fraction of sp³-hybridized carbons (Fsp3) is 0.286. The predicted octanol–water partition coefficient (Wildman–Crippen LogP) is 3.28. The first-order valence-electron chi connectivity index (χ1n) is 9.13. The third-order valence-electron chi connectivity index (χ3n) is 4.92. The summed E-state index contributed by atoms with van der Waals surface area (Å²) in [4.78, 5) is 18.9. The number of amides is 1. The Kier molecular flexibility index (Phi) is 5.07. The summed E-state index contributed by atoms with van der Waals surface area (Å²) in [7, 11) is 4.76. The molecule has 0 N–H and O–H groups in total. The number of hydrogen-bond acceptors (Lipinski definition) is 7. The lowest BCUT2D eigenvalue weighted by molar-refractivity contribution is -0.117. The van der Waals surface area contributed by atoms with Crippen LogP contribution in [0.3, 0.4) is 0 Å². The highest BCUT2D eigenvalue weighted by Gasteiger charge is 2.36. The zero-order valence-corrected chi connectivity index (χ0v) is 16.4. The van der Waals surface area contributed by atoms with Gasteiger partial charge in [-0.25, -0.2) is 0 Å². The van der Waals surface area contributed by atoms with E-state index in [2.05, 4.69) is 10.1 Å². The molecule has 2 heterocycles. The number of aromatic nitrogens is 2. The van der Waals surface area contributed by atoms with Gasteiger partial charge < -0.3 is 23.6 Å². The Hall–Kier alpha value is -3.55. The monoisotopic (exact) mass is 395 g/mol. The Bertz CT molecular complexity index is 1030. The minimum absolute atomic E-state index is 0.0392. The summed E-state index contributed by atoms with van der Waals surface area (Å²) in [5.74, 6) is 2.61. The van der Waals surface area contributed by atoms with Gasteiger partial charge in [0.1, 0.15) is 17.2 Å². The quantitative estimate of drug-likeness (QED) is 0.633. The van der Waals surface area contributed by atoms with Gasteiger partial charge in [-0.1, -0.05) is 17.3 Å². The van der Waals surface area contributed by atoms with E-state index < -0.39 is 0 Å². The van der Waals surface area contributed by atoms with Crippen molar-refractivity contribution in [1.29, 1.82) is 0 Å². The third kappa shape index (κ3) is 3.61. The Morgan fingerprint density at radius 1 is 1.03 bits per heavy atom. The molecule has 1 fully saturated rings. The summed E-state index contributed by atoms with van der Waals surface area (Å²) in [5, 5.41) is 4.07. The van der Waals surface area contributed by atoms with Gasteiger partial charge in [-0.2, -0.15) is 4.98 Å². The second kappa shape index (κ2) is 7.83. The summed E-state index contributed by atoms with van der Waals surface area (Å²) in [6.45, 7) is 0.419. The van der Waals surface area contributed by atoms with Gasteiger partial charge in [0.05, 0.1) is 32.9 Å². The molecule has 0 bridgehead atoms. The minimum atomic E-state index is -0.203. The normalized spacial score (nSPS) is 16.2. The van der Waals surface area contributed by atoms with Crippen molar-refractivity contribution in [1.82, 2.24) is 10.1 Å². The first-order chi connectivity index (χ1) is 14.1. The molecular weight excluding hydrogens is 374 g/mol. The molecule has 8 nitrogen and oxygen atoms in total. The Labute approximate surface area is 168 Å². The maximum Gasteiger partial charge on any atom is 0.232 e. The van der Waals surface area contributed by atoms with Crippen molar-refractivity contribution in [2.45, 2.75) is 12.3 Å². The highest BCUT2D eigenvalue weighted by atomic mass is 16.5. The summed E-state index contributed by atoms with van der Waals surface area (Å²) < 4.78 is 21.4. The molecule has 1 aliphatic heterocycles. The number of hydrogen-bond donors (Lipinski definition) is 0. The number of benzene rings is 2. The second-order valence-corrected chi connectivity index (χ2v) is 6.63. The van der Waals surface area contributed by atoms with Gasteiger partial charge in [-0.15, -0.1) is 0 Å². The molecule has 4 rings (SSSR count). The van der Waals surface area contributed by atoms with Crippen LogP contribution in [0, 0.1) is 0 Å². The SMILES string of the molecule is COc1cccc(-c2noc(C3CC(=O)N(c4cc(OC)ccc4OC)C3)n2)c1. The molecule has 1 aliphatic rings. The molecule has 0 aliphatic carbocycles. The van der Waals surface area contributed by atoms with Crippen LogP contribution in [0.15, 0.2) is 47.0 Å². The summed E-state index contributed by atoms with van der Waals surface area (Å²) in [6.07, 6.45) is 0.278. The third-order valence-corrected chi connectivity index (χ3v) is 4.92. The maximum atomic E-state index is 12.7. The highest BCUT2D eigenvalue weighted by molar-refractivity contribution is 5.98. The first kappa shape index (κ1) is 18.8. The van der Waals surface area contributed by atoms with Crippen LogP contribution in [-0.4, -0.2) is 43.9 Å². The summed E-state index contributed by atoms with van der Waals surface area (Å²) in [6, 6.07) is 12.8. The average molecular weight is 395 g/mol. The van der Waals surface area contributed by atoms with Gasteiger partial charge in [0.25, 0.3) is 0 Å². The number of anilines is 1. The zero-order valence-electron chi connectivity index (χ0n) is 16.4. The van der Waals surface area contributed by atoms with Crippen molar-refractivity contribution in [2.24, 2.45) is 0 Å². The van der Waals surface area contributed by atoms with Crippen molar-refractivity contribution < 1.29 is 23.5 Å².